The van der Waals surface area contributed by atoms with Crippen LogP contribution in [0.25, 0.3) is 0 Å². The van der Waals surface area contributed by atoms with Crippen molar-refractivity contribution in [2.45, 2.75) is 31.2 Å². The Bertz CT molecular complexity index is 658. The van der Waals surface area contributed by atoms with Crippen molar-refractivity contribution in [3.05, 3.63) is 29.3 Å². The van der Waals surface area contributed by atoms with Gasteiger partial charge in [-0.05, 0) is 31.0 Å². The second kappa shape index (κ2) is 7.38. The van der Waals surface area contributed by atoms with Gasteiger partial charge < -0.3 is 5.32 Å². The van der Waals surface area contributed by atoms with Crippen molar-refractivity contribution in [2.75, 3.05) is 12.0 Å². The molecule has 0 saturated heterocycles. The average Bonchev–Trinajstić information content (AvgIpc) is 2.35. The monoisotopic (exact) mass is 351 g/mol. The maximum atomic E-state index is 12.2. The molecule has 0 aliphatic rings. The number of hydrogen-bond donors (Lipinski definition) is 1. The molecule has 8 heteroatoms. The van der Waals surface area contributed by atoms with Crippen LogP contribution in [-0.4, -0.2) is 36.6 Å². The molecule has 5 nitrogen and oxygen atoms in total. The van der Waals surface area contributed by atoms with Crippen LogP contribution in [0.3, 0.4) is 0 Å². The van der Waals surface area contributed by atoms with Crippen LogP contribution in [0.2, 0.25) is 0 Å². The van der Waals surface area contributed by atoms with Gasteiger partial charge in [-0.1, -0.05) is 13.0 Å². The molecule has 0 spiro atoms. The summed E-state index contributed by atoms with van der Waals surface area (Å²) >= 11 is 0. The van der Waals surface area contributed by atoms with E-state index in [0.29, 0.717) is 12.2 Å². The van der Waals surface area contributed by atoms with E-state index in [9.17, 15) is 17.4 Å². The fraction of sp³-hybridized carbons (Fsp3) is 0.462. The molecule has 1 aromatic carbocycles. The third-order valence-electron chi connectivity index (χ3n) is 2.85. The summed E-state index contributed by atoms with van der Waals surface area (Å²) in [6, 6.07) is 3.95. The van der Waals surface area contributed by atoms with Gasteiger partial charge in [-0.25, -0.2) is 8.42 Å². The van der Waals surface area contributed by atoms with Gasteiger partial charge in [0.1, 0.15) is 0 Å². The molecule has 0 radical (unpaired) electrons. The lowest BCUT2D eigenvalue weighted by molar-refractivity contribution is 0.0942. The normalized spacial score (nSPS) is 14.5. The Morgan fingerprint density at radius 1 is 1.43 bits per heavy atom. The van der Waals surface area contributed by atoms with E-state index in [2.05, 4.69) is 5.32 Å². The standard InChI is InChI=1S/C13H18ClNO4S2/c1-4-10-5-6-11(21(14,18)19)7-12(10)13(16)15-9(2)8-20(3)17/h5-7,9H,4,8H2,1-3H3,(H,15,16). The third kappa shape index (κ3) is 5.41. The number of halogens is 1. The first-order chi connectivity index (χ1) is 9.65. The minimum absolute atomic E-state index is 0.113. The first-order valence-corrected chi connectivity index (χ1v) is 10.4. The van der Waals surface area contributed by atoms with Gasteiger partial charge in [0, 0.05) is 45.1 Å². The first kappa shape index (κ1) is 18.1. The van der Waals surface area contributed by atoms with E-state index in [0.717, 1.165) is 5.56 Å². The second-order valence-electron chi connectivity index (χ2n) is 4.72. The zero-order valence-electron chi connectivity index (χ0n) is 12.1. The van der Waals surface area contributed by atoms with Crippen LogP contribution in [0.15, 0.2) is 23.1 Å². The summed E-state index contributed by atoms with van der Waals surface area (Å²) in [7, 11) is 0.392. The lowest BCUT2D eigenvalue weighted by Crippen LogP contribution is -2.36. The van der Waals surface area contributed by atoms with Crippen molar-refractivity contribution in [1.82, 2.24) is 5.32 Å². The minimum Gasteiger partial charge on any atom is -0.349 e. The van der Waals surface area contributed by atoms with Gasteiger partial charge in [-0.3, -0.25) is 9.00 Å². The van der Waals surface area contributed by atoms with E-state index in [4.69, 9.17) is 10.7 Å². The Morgan fingerprint density at radius 3 is 2.52 bits per heavy atom. The van der Waals surface area contributed by atoms with E-state index in [-0.39, 0.29) is 16.5 Å². The molecule has 2 atom stereocenters. The average molecular weight is 352 g/mol. The van der Waals surface area contributed by atoms with Crippen LogP contribution in [0.1, 0.15) is 29.8 Å². The summed E-state index contributed by atoms with van der Waals surface area (Å²) in [5.41, 5.74) is 0.995. The lowest BCUT2D eigenvalue weighted by atomic mass is 10.0. The van der Waals surface area contributed by atoms with Gasteiger partial charge >= 0.3 is 0 Å². The summed E-state index contributed by atoms with van der Waals surface area (Å²) in [5.74, 6) is -0.0623. The smallest absolute Gasteiger partial charge is 0.261 e. The number of aryl methyl sites for hydroxylation is 1. The maximum Gasteiger partial charge on any atom is 0.261 e. The molecule has 1 N–H and O–H groups in total. The van der Waals surface area contributed by atoms with Crippen LogP contribution < -0.4 is 5.32 Å². The van der Waals surface area contributed by atoms with Crippen molar-refractivity contribution in [3.8, 4) is 0 Å². The van der Waals surface area contributed by atoms with Crippen molar-refractivity contribution in [2.24, 2.45) is 0 Å². The fourth-order valence-electron chi connectivity index (χ4n) is 1.92. The van der Waals surface area contributed by atoms with Gasteiger partial charge in [0.05, 0.1) is 4.90 Å². The molecular formula is C13H18ClNO4S2. The van der Waals surface area contributed by atoms with E-state index >= 15 is 0 Å². The number of carbonyl (C=O) groups excluding carboxylic acids is 1. The van der Waals surface area contributed by atoms with Crippen LogP contribution in [0.4, 0.5) is 0 Å². The Kier molecular flexibility index (Phi) is 6.37. The molecule has 0 fully saturated rings. The Labute approximate surface area is 132 Å². The molecule has 0 aromatic heterocycles. The summed E-state index contributed by atoms with van der Waals surface area (Å²) in [6.45, 7) is 3.61. The van der Waals surface area contributed by atoms with Gasteiger partial charge in [0.2, 0.25) is 0 Å². The first-order valence-electron chi connectivity index (χ1n) is 6.33. The highest BCUT2D eigenvalue weighted by molar-refractivity contribution is 8.13. The van der Waals surface area contributed by atoms with Crippen molar-refractivity contribution < 1.29 is 17.4 Å². The number of rotatable bonds is 6. The predicted molar refractivity (Wildman–Crippen MR) is 84.7 cm³/mol. The van der Waals surface area contributed by atoms with E-state index in [1.165, 1.54) is 12.1 Å². The fourth-order valence-corrected chi connectivity index (χ4v) is 3.49. The van der Waals surface area contributed by atoms with E-state index in [1.807, 2.05) is 6.92 Å². The van der Waals surface area contributed by atoms with E-state index in [1.54, 1.807) is 19.2 Å². The summed E-state index contributed by atoms with van der Waals surface area (Å²) in [6.07, 6.45) is 2.14. The van der Waals surface area contributed by atoms with Gasteiger partial charge in [-0.2, -0.15) is 0 Å². The van der Waals surface area contributed by atoms with Crippen LogP contribution in [-0.2, 0) is 26.3 Å². The molecule has 1 amide bonds. The molecule has 0 bridgehead atoms. The molecule has 118 valence electrons. The third-order valence-corrected chi connectivity index (χ3v) is 5.17. The lowest BCUT2D eigenvalue weighted by Gasteiger charge is -2.15. The van der Waals surface area contributed by atoms with Crippen molar-refractivity contribution >= 4 is 36.4 Å². The summed E-state index contributed by atoms with van der Waals surface area (Å²) < 4.78 is 33.9. The van der Waals surface area contributed by atoms with Crippen LogP contribution in [0.5, 0.6) is 0 Å². The molecule has 0 saturated carbocycles. The number of hydrogen-bond acceptors (Lipinski definition) is 4. The van der Waals surface area contributed by atoms with Crippen molar-refractivity contribution in [1.29, 1.82) is 0 Å². The largest absolute Gasteiger partial charge is 0.349 e. The Hall–Kier alpha value is -0.920. The SMILES string of the molecule is CCc1ccc(S(=O)(=O)Cl)cc1C(=O)NC(C)CS(C)=O. The number of nitrogens with one attached hydrogen (secondary N) is 1. The molecule has 1 aromatic rings. The Morgan fingerprint density at radius 2 is 2.05 bits per heavy atom. The highest BCUT2D eigenvalue weighted by atomic mass is 35.7. The molecule has 0 aliphatic carbocycles. The molecule has 21 heavy (non-hydrogen) atoms. The van der Waals surface area contributed by atoms with Crippen molar-refractivity contribution in [3.63, 3.8) is 0 Å². The van der Waals surface area contributed by atoms with E-state index < -0.39 is 25.8 Å². The predicted octanol–water partition coefficient (Wildman–Crippen LogP) is 1.67. The zero-order chi connectivity index (χ0) is 16.2. The second-order valence-corrected chi connectivity index (χ2v) is 8.77. The molecule has 0 heterocycles. The topological polar surface area (TPSA) is 80.3 Å². The summed E-state index contributed by atoms with van der Waals surface area (Å²) in [5, 5.41) is 2.71. The Balaban J connectivity index is 3.09. The number of carbonyl (C=O) groups is 1. The van der Waals surface area contributed by atoms with Crippen LogP contribution >= 0.6 is 10.7 Å². The number of amides is 1. The highest BCUT2D eigenvalue weighted by Gasteiger charge is 2.18. The number of benzene rings is 1. The molecule has 0 aliphatic heterocycles. The molecule has 2 unspecified atom stereocenters. The minimum atomic E-state index is -3.89. The quantitative estimate of drug-likeness (QED) is 0.790. The van der Waals surface area contributed by atoms with Gasteiger partial charge in [0.25, 0.3) is 15.0 Å². The van der Waals surface area contributed by atoms with Gasteiger partial charge in [0.15, 0.2) is 0 Å². The van der Waals surface area contributed by atoms with Crippen LogP contribution in [0, 0.1) is 0 Å². The maximum absolute atomic E-state index is 12.2. The molecular weight excluding hydrogens is 334 g/mol. The highest BCUT2D eigenvalue weighted by Crippen LogP contribution is 2.20. The zero-order valence-corrected chi connectivity index (χ0v) is 14.4. The summed E-state index contributed by atoms with van der Waals surface area (Å²) in [4.78, 5) is 12.1. The van der Waals surface area contributed by atoms with Gasteiger partial charge in [-0.15, -0.1) is 0 Å². The molecule has 1 rings (SSSR count).